The lowest BCUT2D eigenvalue weighted by molar-refractivity contribution is -0.141. The largest absolute Gasteiger partial charge is 0.481 e. The van der Waals surface area contributed by atoms with Gasteiger partial charge >= 0.3 is 12.0 Å². The SMILES string of the molecule is O=C(O)C(CNC(=O)N1CC=CCC1)Cc1ccc(F)cc1. The zero-order valence-electron chi connectivity index (χ0n) is 12.2. The van der Waals surface area contributed by atoms with Gasteiger partial charge in [-0.1, -0.05) is 24.3 Å². The molecule has 0 aliphatic carbocycles. The fourth-order valence-electron chi connectivity index (χ4n) is 2.30. The number of hydrogen-bond donors (Lipinski definition) is 2. The van der Waals surface area contributed by atoms with Gasteiger partial charge in [0.15, 0.2) is 0 Å². The van der Waals surface area contributed by atoms with Crippen molar-refractivity contribution in [2.45, 2.75) is 12.8 Å². The maximum absolute atomic E-state index is 12.9. The Hall–Kier alpha value is -2.37. The lowest BCUT2D eigenvalue weighted by Crippen LogP contribution is -2.44. The third-order valence-electron chi connectivity index (χ3n) is 3.59. The number of hydrogen-bond acceptors (Lipinski definition) is 2. The summed E-state index contributed by atoms with van der Waals surface area (Å²) >= 11 is 0. The van der Waals surface area contributed by atoms with E-state index in [-0.39, 0.29) is 24.8 Å². The Morgan fingerprint density at radius 1 is 1.27 bits per heavy atom. The van der Waals surface area contributed by atoms with Crippen molar-refractivity contribution in [2.24, 2.45) is 5.92 Å². The van der Waals surface area contributed by atoms with Gasteiger partial charge in [-0.2, -0.15) is 0 Å². The second kappa shape index (κ2) is 7.59. The smallest absolute Gasteiger partial charge is 0.317 e. The number of rotatable bonds is 5. The standard InChI is InChI=1S/C16H19FN2O3/c17-14-6-4-12(5-7-14)10-13(15(20)21)11-18-16(22)19-8-2-1-3-9-19/h1-2,4-7,13H,3,8-11H2,(H,18,22)(H,20,21). The summed E-state index contributed by atoms with van der Waals surface area (Å²) in [6.45, 7) is 1.23. The van der Waals surface area contributed by atoms with E-state index in [1.54, 1.807) is 17.0 Å². The van der Waals surface area contributed by atoms with Crippen LogP contribution >= 0.6 is 0 Å². The predicted molar refractivity (Wildman–Crippen MR) is 80.0 cm³/mol. The van der Waals surface area contributed by atoms with Crippen LogP contribution in [0.3, 0.4) is 0 Å². The van der Waals surface area contributed by atoms with Crippen molar-refractivity contribution >= 4 is 12.0 Å². The molecule has 2 rings (SSSR count). The van der Waals surface area contributed by atoms with E-state index in [9.17, 15) is 19.1 Å². The second-order valence-corrected chi connectivity index (χ2v) is 5.26. The second-order valence-electron chi connectivity index (χ2n) is 5.26. The molecule has 1 aromatic carbocycles. The molecule has 1 atom stereocenters. The van der Waals surface area contributed by atoms with Gasteiger partial charge in [0.1, 0.15) is 5.82 Å². The highest BCUT2D eigenvalue weighted by Crippen LogP contribution is 2.10. The molecule has 0 bridgehead atoms. The Morgan fingerprint density at radius 3 is 2.59 bits per heavy atom. The van der Waals surface area contributed by atoms with E-state index in [1.165, 1.54) is 12.1 Å². The van der Waals surface area contributed by atoms with E-state index in [1.807, 2.05) is 12.2 Å². The molecule has 1 heterocycles. The van der Waals surface area contributed by atoms with Crippen LogP contribution in [0.4, 0.5) is 9.18 Å². The van der Waals surface area contributed by atoms with Crippen molar-refractivity contribution in [1.29, 1.82) is 0 Å². The highest BCUT2D eigenvalue weighted by molar-refractivity contribution is 5.76. The molecule has 0 spiro atoms. The summed E-state index contributed by atoms with van der Waals surface area (Å²) in [5, 5.41) is 11.9. The Kier molecular flexibility index (Phi) is 5.52. The average molecular weight is 306 g/mol. The van der Waals surface area contributed by atoms with Crippen LogP contribution in [0.5, 0.6) is 0 Å². The van der Waals surface area contributed by atoms with Crippen LogP contribution in [-0.2, 0) is 11.2 Å². The average Bonchev–Trinajstić information content (AvgIpc) is 2.53. The number of nitrogens with one attached hydrogen (secondary N) is 1. The number of halogens is 1. The van der Waals surface area contributed by atoms with Gasteiger partial charge in [0.2, 0.25) is 0 Å². The third-order valence-corrected chi connectivity index (χ3v) is 3.59. The van der Waals surface area contributed by atoms with Gasteiger partial charge in [-0.3, -0.25) is 4.79 Å². The van der Waals surface area contributed by atoms with Crippen LogP contribution in [0.25, 0.3) is 0 Å². The summed E-state index contributed by atoms with van der Waals surface area (Å²) in [7, 11) is 0. The molecule has 118 valence electrons. The first-order valence-corrected chi connectivity index (χ1v) is 7.21. The number of carbonyl (C=O) groups excluding carboxylic acids is 1. The van der Waals surface area contributed by atoms with E-state index in [0.29, 0.717) is 13.1 Å². The number of carboxylic acids is 1. The molecule has 0 saturated heterocycles. The molecule has 1 unspecified atom stereocenters. The molecular weight excluding hydrogens is 287 g/mol. The van der Waals surface area contributed by atoms with Crippen LogP contribution < -0.4 is 5.32 Å². The first kappa shape index (κ1) is 16.0. The molecule has 2 amide bonds. The minimum Gasteiger partial charge on any atom is -0.481 e. The molecule has 6 heteroatoms. The molecule has 0 fully saturated rings. The predicted octanol–water partition coefficient (Wildman–Crippen LogP) is 2.04. The quantitative estimate of drug-likeness (QED) is 0.818. The van der Waals surface area contributed by atoms with E-state index in [2.05, 4.69) is 5.32 Å². The fraction of sp³-hybridized carbons (Fsp3) is 0.375. The van der Waals surface area contributed by atoms with Crippen molar-refractivity contribution in [3.8, 4) is 0 Å². The zero-order valence-corrected chi connectivity index (χ0v) is 12.2. The zero-order chi connectivity index (χ0) is 15.9. The van der Waals surface area contributed by atoms with Crippen LogP contribution in [0, 0.1) is 11.7 Å². The Bertz CT molecular complexity index is 557. The number of benzene rings is 1. The molecule has 5 nitrogen and oxygen atoms in total. The molecule has 1 aliphatic rings. The summed E-state index contributed by atoms with van der Waals surface area (Å²) in [6, 6.07) is 5.46. The van der Waals surface area contributed by atoms with Gasteiger partial charge in [0.25, 0.3) is 0 Å². The number of amides is 2. The third kappa shape index (κ3) is 4.58. The number of carbonyl (C=O) groups is 2. The number of urea groups is 1. The maximum atomic E-state index is 12.9. The first-order chi connectivity index (χ1) is 10.6. The Balaban J connectivity index is 1.88. The van der Waals surface area contributed by atoms with Crippen molar-refractivity contribution in [3.63, 3.8) is 0 Å². The van der Waals surface area contributed by atoms with Crippen LogP contribution in [-0.4, -0.2) is 41.6 Å². The van der Waals surface area contributed by atoms with Crippen LogP contribution in [0.2, 0.25) is 0 Å². The summed E-state index contributed by atoms with van der Waals surface area (Å²) in [5.41, 5.74) is 0.726. The summed E-state index contributed by atoms with van der Waals surface area (Å²) < 4.78 is 12.9. The van der Waals surface area contributed by atoms with Gasteiger partial charge in [-0.05, 0) is 30.5 Å². The highest BCUT2D eigenvalue weighted by Gasteiger charge is 2.21. The van der Waals surface area contributed by atoms with E-state index < -0.39 is 11.9 Å². The summed E-state index contributed by atoms with van der Waals surface area (Å²) in [6.07, 6.45) is 4.98. The minimum atomic E-state index is -0.983. The monoisotopic (exact) mass is 306 g/mol. The van der Waals surface area contributed by atoms with Crippen molar-refractivity contribution in [2.75, 3.05) is 19.6 Å². The van der Waals surface area contributed by atoms with Gasteiger partial charge < -0.3 is 15.3 Å². The van der Waals surface area contributed by atoms with Gasteiger partial charge in [-0.15, -0.1) is 0 Å². The molecule has 22 heavy (non-hydrogen) atoms. The fourth-order valence-corrected chi connectivity index (χ4v) is 2.30. The van der Waals surface area contributed by atoms with Crippen LogP contribution in [0.15, 0.2) is 36.4 Å². The van der Waals surface area contributed by atoms with Crippen LogP contribution in [0.1, 0.15) is 12.0 Å². The molecule has 0 radical (unpaired) electrons. The normalized spacial score (nSPS) is 15.4. The molecular formula is C16H19FN2O3. The number of aliphatic carboxylic acids is 1. The number of carboxylic acid groups (broad SMARTS) is 1. The van der Waals surface area contributed by atoms with Crippen molar-refractivity contribution in [1.82, 2.24) is 10.2 Å². The topological polar surface area (TPSA) is 69.6 Å². The Morgan fingerprint density at radius 2 is 2.00 bits per heavy atom. The van der Waals surface area contributed by atoms with E-state index in [4.69, 9.17) is 0 Å². The van der Waals surface area contributed by atoms with Gasteiger partial charge in [0, 0.05) is 19.6 Å². The highest BCUT2D eigenvalue weighted by atomic mass is 19.1. The maximum Gasteiger partial charge on any atom is 0.317 e. The first-order valence-electron chi connectivity index (χ1n) is 7.21. The van der Waals surface area contributed by atoms with E-state index >= 15 is 0 Å². The Labute approximate surface area is 128 Å². The minimum absolute atomic E-state index is 0.0474. The van der Waals surface area contributed by atoms with Gasteiger partial charge in [0.05, 0.1) is 5.92 Å². The summed E-state index contributed by atoms with van der Waals surface area (Å²) in [4.78, 5) is 24.9. The molecule has 0 saturated carbocycles. The lowest BCUT2D eigenvalue weighted by Gasteiger charge is -2.24. The lowest BCUT2D eigenvalue weighted by atomic mass is 9.99. The van der Waals surface area contributed by atoms with E-state index in [0.717, 1.165) is 12.0 Å². The molecule has 0 aromatic heterocycles. The molecule has 1 aromatic rings. The molecule has 1 aliphatic heterocycles. The molecule has 2 N–H and O–H groups in total. The number of nitrogens with zero attached hydrogens (tertiary/aromatic N) is 1. The summed E-state index contributed by atoms with van der Waals surface area (Å²) in [5.74, 6) is -2.08. The van der Waals surface area contributed by atoms with Crippen molar-refractivity contribution < 1.29 is 19.1 Å². The van der Waals surface area contributed by atoms with Crippen molar-refractivity contribution in [3.05, 3.63) is 47.8 Å². The van der Waals surface area contributed by atoms with Gasteiger partial charge in [-0.25, -0.2) is 9.18 Å².